The van der Waals surface area contributed by atoms with E-state index >= 15 is 0 Å². The number of piperidine rings is 1. The van der Waals surface area contributed by atoms with E-state index in [0.717, 1.165) is 35.8 Å². The van der Waals surface area contributed by atoms with E-state index in [2.05, 4.69) is 20.3 Å². The van der Waals surface area contributed by atoms with E-state index in [1.807, 2.05) is 31.2 Å². The smallest absolute Gasteiger partial charge is 0.275 e. The molecule has 30 heavy (non-hydrogen) atoms. The van der Waals surface area contributed by atoms with E-state index < -0.39 is 0 Å². The predicted molar refractivity (Wildman–Crippen MR) is 116 cm³/mol. The highest BCUT2D eigenvalue weighted by Gasteiger charge is 2.28. The van der Waals surface area contributed by atoms with E-state index in [0.29, 0.717) is 30.4 Å². The molecule has 1 amide bonds. The number of amides is 1. The highest BCUT2D eigenvalue weighted by molar-refractivity contribution is 7.20. The number of anilines is 1. The zero-order valence-corrected chi connectivity index (χ0v) is 17.9. The Hall–Kier alpha value is -2.94. The van der Waals surface area contributed by atoms with E-state index in [1.54, 1.807) is 6.92 Å². The number of carbonyl (C=O) groups is 1. The summed E-state index contributed by atoms with van der Waals surface area (Å²) in [5.74, 6) is 0.697. The third kappa shape index (κ3) is 4.30. The molecular formula is C21H25N5O3S. The van der Waals surface area contributed by atoms with Crippen molar-refractivity contribution < 1.29 is 9.53 Å². The Labute approximate surface area is 178 Å². The number of para-hydroxylation sites is 1. The van der Waals surface area contributed by atoms with Crippen molar-refractivity contribution in [3.05, 3.63) is 51.9 Å². The number of aromatic nitrogens is 3. The van der Waals surface area contributed by atoms with Gasteiger partial charge in [-0.05, 0) is 32.8 Å². The molecule has 9 heteroatoms. The van der Waals surface area contributed by atoms with Gasteiger partial charge in [0, 0.05) is 37.0 Å². The number of carbonyl (C=O) groups excluding carboxylic acids is 1. The molecule has 158 valence electrons. The van der Waals surface area contributed by atoms with Crippen molar-refractivity contribution in [3.63, 3.8) is 0 Å². The number of hydrogen-bond donors (Lipinski definition) is 1. The molecule has 0 spiro atoms. The molecule has 4 rings (SSSR count). The molecule has 1 atom stereocenters. The summed E-state index contributed by atoms with van der Waals surface area (Å²) in [6.07, 6.45) is 1.72. The number of fused-ring (bicyclic) bond motifs is 1. The second-order valence-corrected chi connectivity index (χ2v) is 8.29. The molecule has 1 aliphatic heterocycles. The van der Waals surface area contributed by atoms with Crippen molar-refractivity contribution in [2.45, 2.75) is 33.2 Å². The predicted octanol–water partition coefficient (Wildman–Crippen LogP) is 2.39. The van der Waals surface area contributed by atoms with Crippen molar-refractivity contribution in [2.75, 3.05) is 24.6 Å². The van der Waals surface area contributed by atoms with E-state index in [9.17, 15) is 9.59 Å². The van der Waals surface area contributed by atoms with Crippen LogP contribution < -0.4 is 20.5 Å². The number of hydrogen-bond acceptors (Lipinski definition) is 7. The molecule has 1 fully saturated rings. The van der Waals surface area contributed by atoms with Crippen molar-refractivity contribution in [3.8, 4) is 5.75 Å². The fourth-order valence-electron chi connectivity index (χ4n) is 3.68. The maximum atomic E-state index is 12.8. The first-order chi connectivity index (χ1) is 14.5. The van der Waals surface area contributed by atoms with E-state index in [1.165, 1.54) is 21.9 Å². The second-order valence-electron chi connectivity index (χ2n) is 7.36. The monoisotopic (exact) mass is 427 g/mol. The Kier molecular flexibility index (Phi) is 5.98. The number of nitrogens with zero attached hydrogens (tertiary/aromatic N) is 4. The summed E-state index contributed by atoms with van der Waals surface area (Å²) in [7, 11) is 0. The summed E-state index contributed by atoms with van der Waals surface area (Å²) < 4.78 is 6.97. The largest absolute Gasteiger partial charge is 0.494 e. The van der Waals surface area contributed by atoms with Gasteiger partial charge in [0.05, 0.1) is 12.5 Å². The van der Waals surface area contributed by atoms with Gasteiger partial charge in [0.2, 0.25) is 16.0 Å². The molecule has 0 aliphatic carbocycles. The molecule has 1 saturated heterocycles. The number of nitrogens with one attached hydrogen (secondary N) is 1. The topological polar surface area (TPSA) is 88.8 Å². The quantitative estimate of drug-likeness (QED) is 0.650. The summed E-state index contributed by atoms with van der Waals surface area (Å²) in [6, 6.07) is 9.22. The van der Waals surface area contributed by atoms with Gasteiger partial charge in [-0.3, -0.25) is 9.59 Å². The van der Waals surface area contributed by atoms with Gasteiger partial charge in [-0.15, -0.1) is 5.10 Å². The molecule has 0 radical (unpaired) electrons. The Balaban J connectivity index is 1.43. The van der Waals surface area contributed by atoms with Crippen molar-refractivity contribution in [1.82, 2.24) is 19.9 Å². The number of aryl methyl sites for hydroxylation is 1. The Bertz CT molecular complexity index is 1110. The average molecular weight is 428 g/mol. The van der Waals surface area contributed by atoms with E-state index in [-0.39, 0.29) is 17.4 Å². The summed E-state index contributed by atoms with van der Waals surface area (Å²) in [5.41, 5.74) is 1.46. The van der Waals surface area contributed by atoms with Crippen molar-refractivity contribution in [2.24, 2.45) is 5.92 Å². The third-order valence-corrected chi connectivity index (χ3v) is 6.12. The fourth-order valence-corrected chi connectivity index (χ4v) is 4.66. The molecule has 1 aliphatic rings. The van der Waals surface area contributed by atoms with Gasteiger partial charge in [0.1, 0.15) is 5.75 Å². The second kappa shape index (κ2) is 8.83. The Morgan fingerprint density at radius 2 is 2.20 bits per heavy atom. The first-order valence-corrected chi connectivity index (χ1v) is 11.0. The van der Waals surface area contributed by atoms with E-state index in [4.69, 9.17) is 4.74 Å². The minimum atomic E-state index is -0.181. The van der Waals surface area contributed by atoms with Crippen LogP contribution in [0.1, 0.15) is 31.0 Å². The zero-order chi connectivity index (χ0) is 21.1. The lowest BCUT2D eigenvalue weighted by molar-refractivity contribution is -0.125. The SMILES string of the molecule is CCOc1ccccc1CNC(=O)[C@@H]1CCCN(c2nn3c(=O)cc(C)nc3s2)C1. The highest BCUT2D eigenvalue weighted by atomic mass is 32.1. The Morgan fingerprint density at radius 3 is 3.03 bits per heavy atom. The zero-order valence-electron chi connectivity index (χ0n) is 17.1. The Morgan fingerprint density at radius 1 is 1.37 bits per heavy atom. The van der Waals surface area contributed by atoms with Crippen LogP contribution in [0, 0.1) is 12.8 Å². The molecule has 3 heterocycles. The average Bonchev–Trinajstić information content (AvgIpc) is 3.18. The van der Waals surface area contributed by atoms with Crippen LogP contribution in [0.15, 0.2) is 35.1 Å². The van der Waals surface area contributed by atoms with Gasteiger partial charge in [-0.1, -0.05) is 29.5 Å². The summed E-state index contributed by atoms with van der Waals surface area (Å²) >= 11 is 1.38. The van der Waals surface area contributed by atoms with Crippen LogP contribution >= 0.6 is 11.3 Å². The highest BCUT2D eigenvalue weighted by Crippen LogP contribution is 2.27. The molecule has 8 nitrogen and oxygen atoms in total. The first-order valence-electron chi connectivity index (χ1n) is 10.2. The molecule has 1 aromatic carbocycles. The summed E-state index contributed by atoms with van der Waals surface area (Å²) in [4.78, 5) is 32.0. The molecular weight excluding hydrogens is 402 g/mol. The van der Waals surface area contributed by atoms with Crippen molar-refractivity contribution >= 4 is 27.3 Å². The standard InChI is InChI=1S/C21H25N5O3S/c1-3-29-17-9-5-4-7-15(17)12-22-19(28)16-8-6-10-25(13-16)21-24-26-18(27)11-14(2)23-20(26)30-21/h4-5,7,9,11,16H,3,6,8,10,12-13H2,1-2H3,(H,22,28)/t16-/m1/s1. The third-order valence-electron chi connectivity index (χ3n) is 5.15. The summed E-state index contributed by atoms with van der Waals surface area (Å²) in [6.45, 7) is 6.15. The maximum absolute atomic E-state index is 12.8. The molecule has 0 bridgehead atoms. The van der Waals surface area contributed by atoms with Crippen LogP contribution in [0.4, 0.5) is 5.13 Å². The normalized spacial score (nSPS) is 16.6. The van der Waals surface area contributed by atoms with Crippen LogP contribution in [0.2, 0.25) is 0 Å². The molecule has 2 aromatic heterocycles. The minimum Gasteiger partial charge on any atom is -0.494 e. The number of ether oxygens (including phenoxy) is 1. The van der Waals surface area contributed by atoms with Crippen LogP contribution in [0.3, 0.4) is 0 Å². The van der Waals surface area contributed by atoms with Crippen LogP contribution in [-0.4, -0.2) is 40.2 Å². The van der Waals surface area contributed by atoms with Crippen LogP contribution in [0.5, 0.6) is 5.75 Å². The summed E-state index contributed by atoms with van der Waals surface area (Å²) in [5, 5.41) is 8.21. The molecule has 0 saturated carbocycles. The van der Waals surface area contributed by atoms with Crippen LogP contribution in [-0.2, 0) is 11.3 Å². The molecule has 1 N–H and O–H groups in total. The van der Waals surface area contributed by atoms with Gasteiger partial charge in [0.15, 0.2) is 0 Å². The molecule has 3 aromatic rings. The van der Waals surface area contributed by atoms with Gasteiger partial charge in [-0.25, -0.2) is 4.98 Å². The van der Waals surface area contributed by atoms with Crippen molar-refractivity contribution in [1.29, 1.82) is 0 Å². The van der Waals surface area contributed by atoms with Gasteiger partial charge < -0.3 is 15.0 Å². The lowest BCUT2D eigenvalue weighted by Crippen LogP contribution is -2.43. The van der Waals surface area contributed by atoms with Crippen LogP contribution in [0.25, 0.3) is 4.96 Å². The van der Waals surface area contributed by atoms with Gasteiger partial charge in [0.25, 0.3) is 5.56 Å². The fraction of sp³-hybridized carbons (Fsp3) is 0.429. The van der Waals surface area contributed by atoms with Gasteiger partial charge >= 0.3 is 0 Å². The van der Waals surface area contributed by atoms with Gasteiger partial charge in [-0.2, -0.15) is 4.52 Å². The number of benzene rings is 1. The molecule has 0 unspecified atom stereocenters. The lowest BCUT2D eigenvalue weighted by atomic mass is 9.97. The first kappa shape index (κ1) is 20.3. The maximum Gasteiger partial charge on any atom is 0.275 e. The minimum absolute atomic E-state index is 0.0262. The lowest BCUT2D eigenvalue weighted by Gasteiger charge is -2.31. The number of rotatable bonds is 6.